The van der Waals surface area contributed by atoms with Crippen LogP contribution in [0, 0.1) is 5.41 Å². The predicted molar refractivity (Wildman–Crippen MR) is 78.1 cm³/mol. The van der Waals surface area contributed by atoms with E-state index in [1.54, 1.807) is 0 Å². The van der Waals surface area contributed by atoms with Gasteiger partial charge in [-0.25, -0.2) is 0 Å². The summed E-state index contributed by atoms with van der Waals surface area (Å²) in [5, 5.41) is 12.0. The maximum absolute atomic E-state index is 11.9. The molecule has 0 bridgehead atoms. The van der Waals surface area contributed by atoms with E-state index in [-0.39, 0.29) is 18.4 Å². The number of ether oxygens (including phenoxy) is 1. The highest BCUT2D eigenvalue weighted by Crippen LogP contribution is 2.44. The van der Waals surface area contributed by atoms with Crippen LogP contribution in [0.5, 0.6) is 5.75 Å². The zero-order valence-electron chi connectivity index (χ0n) is 12.2. The van der Waals surface area contributed by atoms with Crippen LogP contribution in [0.15, 0.2) is 30.3 Å². The molecule has 2 rings (SSSR count). The number of rotatable bonds is 7. The monoisotopic (exact) mass is 291 g/mol. The molecule has 0 aliphatic heterocycles. The lowest BCUT2D eigenvalue weighted by Gasteiger charge is -2.37. The summed E-state index contributed by atoms with van der Waals surface area (Å²) in [6, 6.07) is 9.38. The number of carboxylic acids is 1. The molecule has 5 nitrogen and oxygen atoms in total. The van der Waals surface area contributed by atoms with Crippen molar-refractivity contribution in [2.24, 2.45) is 5.41 Å². The molecule has 1 aromatic rings. The van der Waals surface area contributed by atoms with Gasteiger partial charge in [0.2, 0.25) is 5.91 Å². The van der Waals surface area contributed by atoms with Crippen LogP contribution >= 0.6 is 0 Å². The van der Waals surface area contributed by atoms with Gasteiger partial charge < -0.3 is 15.2 Å². The van der Waals surface area contributed by atoms with Crippen molar-refractivity contribution in [3.8, 4) is 5.75 Å². The number of nitrogens with one attached hydrogen (secondary N) is 1. The summed E-state index contributed by atoms with van der Waals surface area (Å²) in [5.41, 5.74) is -0.840. The highest BCUT2D eigenvalue weighted by atomic mass is 16.5. The Morgan fingerprint density at radius 2 is 2.00 bits per heavy atom. The third-order valence-electron chi connectivity index (χ3n) is 3.93. The molecule has 114 valence electrons. The van der Waals surface area contributed by atoms with Crippen molar-refractivity contribution in [1.29, 1.82) is 0 Å². The number of hydrogen-bond donors (Lipinski definition) is 2. The Morgan fingerprint density at radius 3 is 2.52 bits per heavy atom. The van der Waals surface area contributed by atoms with Gasteiger partial charge in [0.1, 0.15) is 11.9 Å². The Bertz CT molecular complexity index is 496. The lowest BCUT2D eigenvalue weighted by atomic mass is 9.66. The molecule has 1 aliphatic carbocycles. The van der Waals surface area contributed by atoms with Crippen LogP contribution in [-0.2, 0) is 9.59 Å². The molecule has 1 fully saturated rings. The molecule has 1 atom stereocenters. The second kappa shape index (κ2) is 6.61. The van der Waals surface area contributed by atoms with Crippen LogP contribution in [0.25, 0.3) is 0 Å². The fraction of sp³-hybridized carbons (Fsp3) is 0.500. The van der Waals surface area contributed by atoms with Crippen molar-refractivity contribution in [1.82, 2.24) is 5.32 Å². The van der Waals surface area contributed by atoms with Gasteiger partial charge in [0.05, 0.1) is 12.0 Å². The average Bonchev–Trinajstić information content (AvgIpc) is 2.41. The van der Waals surface area contributed by atoms with Crippen molar-refractivity contribution in [2.75, 3.05) is 6.54 Å². The minimum absolute atomic E-state index is 0.0559. The fourth-order valence-electron chi connectivity index (χ4n) is 2.47. The number of carbonyl (C=O) groups is 2. The Kier molecular flexibility index (Phi) is 4.83. The highest BCUT2D eigenvalue weighted by Gasteiger charge is 2.45. The number of carbonyl (C=O) groups excluding carboxylic acids is 1. The maximum Gasteiger partial charge on any atom is 0.310 e. The molecule has 0 spiro atoms. The zero-order valence-corrected chi connectivity index (χ0v) is 12.2. The normalized spacial score (nSPS) is 17.4. The highest BCUT2D eigenvalue weighted by molar-refractivity contribution is 5.85. The van der Waals surface area contributed by atoms with Gasteiger partial charge in [-0.1, -0.05) is 24.6 Å². The zero-order chi connectivity index (χ0) is 15.3. The van der Waals surface area contributed by atoms with Gasteiger partial charge in [-0.3, -0.25) is 9.59 Å². The summed E-state index contributed by atoms with van der Waals surface area (Å²) in [6.07, 6.45) is 1.95. The smallest absolute Gasteiger partial charge is 0.310 e. The van der Waals surface area contributed by atoms with Crippen molar-refractivity contribution in [2.45, 2.75) is 38.7 Å². The van der Waals surface area contributed by atoms with Crippen LogP contribution in [0.4, 0.5) is 0 Å². The summed E-state index contributed by atoms with van der Waals surface area (Å²) in [6.45, 7) is 2.23. The minimum Gasteiger partial charge on any atom is -0.489 e. The summed E-state index contributed by atoms with van der Waals surface area (Å²) in [7, 11) is 0. The van der Waals surface area contributed by atoms with E-state index in [0.29, 0.717) is 19.4 Å². The quantitative estimate of drug-likeness (QED) is 0.807. The first kappa shape index (κ1) is 15.4. The lowest BCUT2D eigenvalue weighted by molar-refractivity contribution is -0.157. The number of para-hydroxylation sites is 1. The number of amides is 1. The molecular weight excluding hydrogens is 270 g/mol. The van der Waals surface area contributed by atoms with Crippen LogP contribution in [-0.4, -0.2) is 29.6 Å². The van der Waals surface area contributed by atoms with Crippen LogP contribution in [0.1, 0.15) is 32.6 Å². The van der Waals surface area contributed by atoms with Crippen LogP contribution in [0.2, 0.25) is 0 Å². The molecule has 21 heavy (non-hydrogen) atoms. The molecule has 0 radical (unpaired) electrons. The van der Waals surface area contributed by atoms with E-state index >= 15 is 0 Å². The molecule has 0 heterocycles. The van der Waals surface area contributed by atoms with Gasteiger partial charge in [0.15, 0.2) is 0 Å². The van der Waals surface area contributed by atoms with E-state index in [4.69, 9.17) is 4.74 Å². The molecule has 1 unspecified atom stereocenters. The van der Waals surface area contributed by atoms with E-state index in [0.717, 1.165) is 12.2 Å². The summed E-state index contributed by atoms with van der Waals surface area (Å²) in [4.78, 5) is 23.1. The second-order valence-corrected chi connectivity index (χ2v) is 5.66. The predicted octanol–water partition coefficient (Wildman–Crippen LogP) is 2.22. The third-order valence-corrected chi connectivity index (χ3v) is 3.93. The van der Waals surface area contributed by atoms with Gasteiger partial charge in [-0.2, -0.15) is 0 Å². The average molecular weight is 291 g/mol. The lowest BCUT2D eigenvalue weighted by Crippen LogP contribution is -2.44. The number of carboxylic acid groups (broad SMARTS) is 1. The second-order valence-electron chi connectivity index (χ2n) is 5.66. The first-order valence-corrected chi connectivity index (χ1v) is 7.24. The Hall–Kier alpha value is -2.04. The topological polar surface area (TPSA) is 75.6 Å². The summed E-state index contributed by atoms with van der Waals surface area (Å²) >= 11 is 0. The van der Waals surface area contributed by atoms with Gasteiger partial charge in [-0.15, -0.1) is 0 Å². The van der Waals surface area contributed by atoms with Gasteiger partial charge in [0, 0.05) is 6.42 Å². The molecule has 1 amide bonds. The molecule has 5 heteroatoms. The van der Waals surface area contributed by atoms with E-state index in [9.17, 15) is 14.7 Å². The summed E-state index contributed by atoms with van der Waals surface area (Å²) in [5.74, 6) is -0.335. The summed E-state index contributed by atoms with van der Waals surface area (Å²) < 4.78 is 5.65. The largest absolute Gasteiger partial charge is 0.489 e. The molecule has 2 N–H and O–H groups in total. The van der Waals surface area contributed by atoms with Crippen molar-refractivity contribution >= 4 is 11.9 Å². The first-order valence-electron chi connectivity index (χ1n) is 7.24. The molecule has 1 aliphatic rings. The van der Waals surface area contributed by atoms with Crippen molar-refractivity contribution < 1.29 is 19.4 Å². The van der Waals surface area contributed by atoms with Crippen LogP contribution in [0.3, 0.4) is 0 Å². The Labute approximate surface area is 124 Å². The fourth-order valence-corrected chi connectivity index (χ4v) is 2.47. The SMILES string of the molecule is CC(CNC(=O)CC1(C(=O)O)CCC1)Oc1ccccc1. The van der Waals surface area contributed by atoms with Gasteiger partial charge >= 0.3 is 5.97 Å². The van der Waals surface area contributed by atoms with Crippen LogP contribution < -0.4 is 10.1 Å². The molecule has 1 saturated carbocycles. The number of benzene rings is 1. The van der Waals surface area contributed by atoms with Crippen molar-refractivity contribution in [3.05, 3.63) is 30.3 Å². The molecule has 0 saturated heterocycles. The van der Waals surface area contributed by atoms with E-state index in [2.05, 4.69) is 5.32 Å². The molecule has 1 aromatic carbocycles. The third kappa shape index (κ3) is 3.97. The molecular formula is C16H21NO4. The van der Waals surface area contributed by atoms with E-state index in [1.165, 1.54) is 0 Å². The van der Waals surface area contributed by atoms with Gasteiger partial charge in [-0.05, 0) is 31.9 Å². The molecule has 0 aromatic heterocycles. The number of aliphatic carboxylic acids is 1. The standard InChI is InChI=1S/C16H21NO4/c1-12(21-13-6-3-2-4-7-13)11-17-14(18)10-16(15(19)20)8-5-9-16/h2-4,6-7,12H,5,8-11H2,1H3,(H,17,18)(H,19,20). The van der Waals surface area contributed by atoms with Crippen molar-refractivity contribution in [3.63, 3.8) is 0 Å². The minimum atomic E-state index is -0.863. The van der Waals surface area contributed by atoms with E-state index < -0.39 is 11.4 Å². The van der Waals surface area contributed by atoms with E-state index in [1.807, 2.05) is 37.3 Å². The number of hydrogen-bond acceptors (Lipinski definition) is 3. The maximum atomic E-state index is 11.9. The van der Waals surface area contributed by atoms with Gasteiger partial charge in [0.25, 0.3) is 0 Å². The Morgan fingerprint density at radius 1 is 1.33 bits per heavy atom. The first-order chi connectivity index (χ1) is 10.0. The Balaban J connectivity index is 1.75.